The summed E-state index contributed by atoms with van der Waals surface area (Å²) in [6.45, 7) is 8.58. The standard InChI is InChI=1S/C13H24O2/c1-9(2)11(12(14)15)10-6-5-7-13(3,4)8-10/h9-11H,5-8H2,1-4H3,(H,14,15). The van der Waals surface area contributed by atoms with E-state index in [0.29, 0.717) is 11.3 Å². The molecule has 0 radical (unpaired) electrons. The van der Waals surface area contributed by atoms with Gasteiger partial charge in [-0.05, 0) is 36.5 Å². The molecule has 0 aromatic heterocycles. The second-order valence-corrected chi connectivity index (χ2v) is 6.13. The Morgan fingerprint density at radius 2 is 2.00 bits per heavy atom. The molecule has 2 atom stereocenters. The van der Waals surface area contributed by atoms with Crippen molar-refractivity contribution in [2.45, 2.75) is 53.4 Å². The van der Waals surface area contributed by atoms with E-state index >= 15 is 0 Å². The van der Waals surface area contributed by atoms with Gasteiger partial charge >= 0.3 is 5.97 Å². The Morgan fingerprint density at radius 3 is 2.40 bits per heavy atom. The summed E-state index contributed by atoms with van der Waals surface area (Å²) in [4.78, 5) is 11.3. The molecule has 1 aliphatic rings. The first-order valence-corrected chi connectivity index (χ1v) is 6.06. The van der Waals surface area contributed by atoms with Gasteiger partial charge in [0.1, 0.15) is 0 Å². The van der Waals surface area contributed by atoms with Crippen molar-refractivity contribution in [3.05, 3.63) is 0 Å². The van der Waals surface area contributed by atoms with Gasteiger partial charge in [-0.25, -0.2) is 0 Å². The maximum Gasteiger partial charge on any atom is 0.307 e. The Kier molecular flexibility index (Phi) is 3.80. The number of hydrogen-bond acceptors (Lipinski definition) is 1. The minimum atomic E-state index is -0.604. The lowest BCUT2D eigenvalue weighted by Crippen LogP contribution is -2.34. The Morgan fingerprint density at radius 1 is 1.40 bits per heavy atom. The quantitative estimate of drug-likeness (QED) is 0.776. The Hall–Kier alpha value is -0.530. The van der Waals surface area contributed by atoms with Crippen LogP contribution in [-0.2, 0) is 4.79 Å². The molecule has 0 spiro atoms. The van der Waals surface area contributed by atoms with E-state index in [9.17, 15) is 9.90 Å². The molecule has 0 aromatic carbocycles. The maximum atomic E-state index is 11.3. The molecule has 15 heavy (non-hydrogen) atoms. The van der Waals surface area contributed by atoms with Crippen LogP contribution in [0, 0.1) is 23.2 Å². The summed E-state index contributed by atoms with van der Waals surface area (Å²) in [6, 6.07) is 0. The minimum absolute atomic E-state index is 0.149. The van der Waals surface area contributed by atoms with Crippen LogP contribution in [0.1, 0.15) is 53.4 Å². The fourth-order valence-corrected chi connectivity index (χ4v) is 3.09. The van der Waals surface area contributed by atoms with Gasteiger partial charge in [0.15, 0.2) is 0 Å². The number of carbonyl (C=O) groups is 1. The highest BCUT2D eigenvalue weighted by Crippen LogP contribution is 2.43. The van der Waals surface area contributed by atoms with Gasteiger partial charge in [0, 0.05) is 0 Å². The van der Waals surface area contributed by atoms with Gasteiger partial charge in [0.05, 0.1) is 5.92 Å². The molecule has 0 amide bonds. The van der Waals surface area contributed by atoms with Crippen molar-refractivity contribution in [2.24, 2.45) is 23.2 Å². The zero-order valence-electron chi connectivity index (χ0n) is 10.4. The highest BCUT2D eigenvalue weighted by molar-refractivity contribution is 5.70. The zero-order chi connectivity index (χ0) is 11.6. The molecule has 1 N–H and O–H groups in total. The lowest BCUT2D eigenvalue weighted by molar-refractivity contribution is -0.146. The lowest BCUT2D eigenvalue weighted by Gasteiger charge is -2.39. The third kappa shape index (κ3) is 3.22. The van der Waals surface area contributed by atoms with Gasteiger partial charge in [0.2, 0.25) is 0 Å². The Balaban J connectivity index is 2.72. The molecule has 0 aliphatic heterocycles. The van der Waals surface area contributed by atoms with E-state index in [4.69, 9.17) is 0 Å². The topological polar surface area (TPSA) is 37.3 Å². The van der Waals surface area contributed by atoms with Crippen molar-refractivity contribution in [2.75, 3.05) is 0 Å². The molecule has 0 aromatic rings. The molecule has 1 aliphatic carbocycles. The molecular formula is C13H24O2. The average molecular weight is 212 g/mol. The molecule has 1 saturated carbocycles. The maximum absolute atomic E-state index is 11.3. The van der Waals surface area contributed by atoms with Crippen LogP contribution in [0.5, 0.6) is 0 Å². The first-order valence-electron chi connectivity index (χ1n) is 6.06. The summed E-state index contributed by atoms with van der Waals surface area (Å²) in [5.41, 5.74) is 0.339. The van der Waals surface area contributed by atoms with E-state index in [1.54, 1.807) is 0 Å². The largest absolute Gasteiger partial charge is 0.481 e. The molecule has 1 fully saturated rings. The van der Waals surface area contributed by atoms with Gasteiger partial charge in [0.25, 0.3) is 0 Å². The molecule has 0 heterocycles. The molecular weight excluding hydrogens is 188 g/mol. The first-order chi connectivity index (χ1) is 6.83. The predicted octanol–water partition coefficient (Wildman–Crippen LogP) is 3.56. The summed E-state index contributed by atoms with van der Waals surface area (Å²) >= 11 is 0. The van der Waals surface area contributed by atoms with Crippen molar-refractivity contribution in [3.8, 4) is 0 Å². The number of rotatable bonds is 3. The van der Waals surface area contributed by atoms with Crippen LogP contribution < -0.4 is 0 Å². The normalized spacial score (nSPS) is 27.7. The lowest BCUT2D eigenvalue weighted by atomic mass is 9.66. The minimum Gasteiger partial charge on any atom is -0.481 e. The SMILES string of the molecule is CC(C)C(C(=O)O)C1CCCC(C)(C)C1. The molecule has 1 rings (SSSR count). The van der Waals surface area contributed by atoms with Gasteiger partial charge in [-0.3, -0.25) is 4.79 Å². The van der Waals surface area contributed by atoms with Crippen LogP contribution in [0.15, 0.2) is 0 Å². The van der Waals surface area contributed by atoms with E-state index in [1.807, 2.05) is 13.8 Å². The summed E-state index contributed by atoms with van der Waals surface area (Å²) in [6.07, 6.45) is 4.60. The molecule has 88 valence electrons. The van der Waals surface area contributed by atoms with Gasteiger partial charge in [-0.15, -0.1) is 0 Å². The number of aliphatic carboxylic acids is 1. The smallest absolute Gasteiger partial charge is 0.307 e. The number of hydrogen-bond donors (Lipinski definition) is 1. The van der Waals surface area contributed by atoms with Crippen molar-refractivity contribution in [1.29, 1.82) is 0 Å². The average Bonchev–Trinajstić information content (AvgIpc) is 1.99. The molecule has 2 heteroatoms. The van der Waals surface area contributed by atoms with Crippen molar-refractivity contribution in [1.82, 2.24) is 0 Å². The van der Waals surface area contributed by atoms with Crippen molar-refractivity contribution in [3.63, 3.8) is 0 Å². The van der Waals surface area contributed by atoms with Crippen LogP contribution in [0.3, 0.4) is 0 Å². The van der Waals surface area contributed by atoms with E-state index in [-0.39, 0.29) is 11.8 Å². The number of carboxylic acid groups (broad SMARTS) is 1. The van der Waals surface area contributed by atoms with E-state index in [0.717, 1.165) is 12.8 Å². The third-order valence-corrected chi connectivity index (χ3v) is 3.75. The molecule has 0 bridgehead atoms. The summed E-state index contributed by atoms with van der Waals surface area (Å²) in [5.74, 6) is -0.120. The van der Waals surface area contributed by atoms with Crippen molar-refractivity contribution >= 4 is 5.97 Å². The highest BCUT2D eigenvalue weighted by atomic mass is 16.4. The van der Waals surface area contributed by atoms with E-state index in [2.05, 4.69) is 13.8 Å². The summed E-state index contributed by atoms with van der Waals surface area (Å²) in [5, 5.41) is 9.27. The summed E-state index contributed by atoms with van der Waals surface area (Å²) in [7, 11) is 0. The monoisotopic (exact) mass is 212 g/mol. The molecule has 0 saturated heterocycles. The second kappa shape index (κ2) is 4.54. The fourth-order valence-electron chi connectivity index (χ4n) is 3.09. The van der Waals surface area contributed by atoms with Crippen LogP contribution in [-0.4, -0.2) is 11.1 Å². The van der Waals surface area contributed by atoms with E-state index in [1.165, 1.54) is 12.8 Å². The zero-order valence-corrected chi connectivity index (χ0v) is 10.4. The highest BCUT2D eigenvalue weighted by Gasteiger charge is 2.37. The van der Waals surface area contributed by atoms with Gasteiger partial charge in [-0.1, -0.05) is 34.1 Å². The molecule has 2 unspecified atom stereocenters. The predicted molar refractivity (Wildman–Crippen MR) is 61.7 cm³/mol. The third-order valence-electron chi connectivity index (χ3n) is 3.75. The second-order valence-electron chi connectivity index (χ2n) is 6.13. The van der Waals surface area contributed by atoms with Gasteiger partial charge < -0.3 is 5.11 Å². The van der Waals surface area contributed by atoms with Crippen LogP contribution in [0.4, 0.5) is 0 Å². The van der Waals surface area contributed by atoms with Crippen LogP contribution in [0.2, 0.25) is 0 Å². The van der Waals surface area contributed by atoms with E-state index < -0.39 is 5.97 Å². The molecule has 2 nitrogen and oxygen atoms in total. The first kappa shape index (κ1) is 12.5. The fraction of sp³-hybridized carbons (Fsp3) is 0.923. The summed E-state index contributed by atoms with van der Waals surface area (Å²) < 4.78 is 0. The number of carboxylic acids is 1. The van der Waals surface area contributed by atoms with Crippen LogP contribution >= 0.6 is 0 Å². The van der Waals surface area contributed by atoms with Gasteiger partial charge in [-0.2, -0.15) is 0 Å². The Bertz CT molecular complexity index is 231. The van der Waals surface area contributed by atoms with Crippen LogP contribution in [0.25, 0.3) is 0 Å². The van der Waals surface area contributed by atoms with Crippen molar-refractivity contribution < 1.29 is 9.90 Å². The Labute approximate surface area is 93.1 Å².